The van der Waals surface area contributed by atoms with E-state index in [9.17, 15) is 4.79 Å². The lowest BCUT2D eigenvalue weighted by Crippen LogP contribution is -2.05. The number of rotatable bonds is 4. The number of benzene rings is 1. The first-order chi connectivity index (χ1) is 7.17. The van der Waals surface area contributed by atoms with E-state index < -0.39 is 6.10 Å². The topological polar surface area (TPSA) is 35.5 Å². The Labute approximate surface area is 89.3 Å². The molecule has 0 N–H and O–H groups in total. The van der Waals surface area contributed by atoms with Crippen molar-refractivity contribution in [3.8, 4) is 5.75 Å². The molecule has 0 aliphatic carbocycles. The maximum absolute atomic E-state index is 10.8. The molecule has 0 aromatic heterocycles. The predicted molar refractivity (Wildman–Crippen MR) is 57.7 cm³/mol. The van der Waals surface area contributed by atoms with Crippen molar-refractivity contribution < 1.29 is 14.3 Å². The van der Waals surface area contributed by atoms with Crippen LogP contribution in [0.4, 0.5) is 0 Å². The van der Waals surface area contributed by atoms with Crippen LogP contribution >= 0.6 is 0 Å². The summed E-state index contributed by atoms with van der Waals surface area (Å²) >= 11 is 0. The van der Waals surface area contributed by atoms with Gasteiger partial charge in [0.25, 0.3) is 0 Å². The first-order valence-electron chi connectivity index (χ1n) is 4.61. The molecule has 1 aromatic carbocycles. The lowest BCUT2D eigenvalue weighted by atomic mass is 10.1. The van der Waals surface area contributed by atoms with Gasteiger partial charge in [-0.3, -0.25) is 4.79 Å². The summed E-state index contributed by atoms with van der Waals surface area (Å²) in [7, 11) is 1.60. The van der Waals surface area contributed by atoms with E-state index in [4.69, 9.17) is 9.47 Å². The minimum absolute atomic E-state index is 0.323. The third kappa shape index (κ3) is 3.13. The fourth-order valence-corrected chi connectivity index (χ4v) is 1.22. The zero-order valence-corrected chi connectivity index (χ0v) is 8.90. The number of hydrogen-bond donors (Lipinski definition) is 0. The molecule has 0 saturated heterocycles. The molecule has 1 unspecified atom stereocenters. The van der Waals surface area contributed by atoms with Gasteiger partial charge in [-0.2, -0.15) is 0 Å². The molecule has 0 amide bonds. The van der Waals surface area contributed by atoms with E-state index in [-0.39, 0.29) is 5.97 Å². The van der Waals surface area contributed by atoms with E-state index in [0.717, 1.165) is 11.3 Å². The Morgan fingerprint density at radius 3 is 2.40 bits per heavy atom. The minimum Gasteiger partial charge on any atom is -0.497 e. The normalized spacial score (nSPS) is 11.6. The van der Waals surface area contributed by atoms with Gasteiger partial charge in [0.05, 0.1) is 7.11 Å². The largest absolute Gasteiger partial charge is 0.497 e. The van der Waals surface area contributed by atoms with Crippen LogP contribution in [0.3, 0.4) is 0 Å². The first-order valence-corrected chi connectivity index (χ1v) is 4.61. The SMILES string of the molecule is C=CC(OC(C)=O)c1ccc(OC)cc1. The van der Waals surface area contributed by atoms with Crippen LogP contribution in [0.2, 0.25) is 0 Å². The molecule has 0 fully saturated rings. The average molecular weight is 206 g/mol. The molecule has 15 heavy (non-hydrogen) atoms. The molecule has 1 atom stereocenters. The molecule has 0 aliphatic heterocycles. The van der Waals surface area contributed by atoms with Gasteiger partial charge in [-0.25, -0.2) is 0 Å². The second kappa shape index (κ2) is 5.20. The first kappa shape index (κ1) is 11.3. The van der Waals surface area contributed by atoms with Crippen molar-refractivity contribution in [3.63, 3.8) is 0 Å². The summed E-state index contributed by atoms with van der Waals surface area (Å²) in [6, 6.07) is 7.31. The molecule has 0 radical (unpaired) electrons. The Morgan fingerprint density at radius 2 is 2.00 bits per heavy atom. The van der Waals surface area contributed by atoms with Crippen molar-refractivity contribution in [1.29, 1.82) is 0 Å². The maximum atomic E-state index is 10.8. The van der Waals surface area contributed by atoms with Crippen LogP contribution in [0.25, 0.3) is 0 Å². The third-order valence-electron chi connectivity index (χ3n) is 1.95. The Bertz CT molecular complexity index is 340. The third-order valence-corrected chi connectivity index (χ3v) is 1.95. The van der Waals surface area contributed by atoms with Gasteiger partial charge < -0.3 is 9.47 Å². The Kier molecular flexibility index (Phi) is 3.92. The van der Waals surface area contributed by atoms with E-state index >= 15 is 0 Å². The van der Waals surface area contributed by atoms with Crippen LogP contribution in [0.1, 0.15) is 18.6 Å². The summed E-state index contributed by atoms with van der Waals surface area (Å²) in [6.45, 7) is 5.00. The summed E-state index contributed by atoms with van der Waals surface area (Å²) in [5.41, 5.74) is 0.876. The molecule has 1 rings (SSSR count). The van der Waals surface area contributed by atoms with Crippen molar-refractivity contribution in [2.45, 2.75) is 13.0 Å². The fourth-order valence-electron chi connectivity index (χ4n) is 1.22. The average Bonchev–Trinajstić information content (AvgIpc) is 2.26. The summed E-state index contributed by atoms with van der Waals surface area (Å²) in [5.74, 6) is 0.445. The highest BCUT2D eigenvalue weighted by Gasteiger charge is 2.09. The quantitative estimate of drug-likeness (QED) is 0.560. The van der Waals surface area contributed by atoms with E-state index in [2.05, 4.69) is 6.58 Å². The lowest BCUT2D eigenvalue weighted by Gasteiger charge is -2.13. The van der Waals surface area contributed by atoms with Crippen molar-refractivity contribution in [2.75, 3.05) is 7.11 Å². The summed E-state index contributed by atoms with van der Waals surface area (Å²) in [6.07, 6.45) is 1.19. The van der Waals surface area contributed by atoms with Gasteiger partial charge in [0.2, 0.25) is 0 Å². The van der Waals surface area contributed by atoms with Crippen LogP contribution in [0.5, 0.6) is 5.75 Å². The molecule has 0 aliphatic rings. The molecular weight excluding hydrogens is 192 g/mol. The number of esters is 1. The van der Waals surface area contributed by atoms with Crippen molar-refractivity contribution in [1.82, 2.24) is 0 Å². The van der Waals surface area contributed by atoms with Gasteiger partial charge in [-0.15, -0.1) is 0 Å². The van der Waals surface area contributed by atoms with Crippen molar-refractivity contribution in [3.05, 3.63) is 42.5 Å². The predicted octanol–water partition coefficient (Wildman–Crippen LogP) is 2.49. The van der Waals surface area contributed by atoms with E-state index in [1.807, 2.05) is 24.3 Å². The zero-order chi connectivity index (χ0) is 11.3. The molecule has 1 aromatic rings. The maximum Gasteiger partial charge on any atom is 0.303 e. The van der Waals surface area contributed by atoms with E-state index in [0.29, 0.717) is 0 Å². The van der Waals surface area contributed by atoms with Gasteiger partial charge in [-0.1, -0.05) is 18.7 Å². The number of ether oxygens (including phenoxy) is 2. The van der Waals surface area contributed by atoms with Gasteiger partial charge in [0, 0.05) is 6.92 Å². The molecule has 0 spiro atoms. The van der Waals surface area contributed by atoms with Gasteiger partial charge >= 0.3 is 5.97 Å². The summed E-state index contributed by atoms with van der Waals surface area (Å²) < 4.78 is 10.1. The van der Waals surface area contributed by atoms with Gasteiger partial charge in [-0.05, 0) is 23.8 Å². The number of carbonyl (C=O) groups is 1. The lowest BCUT2D eigenvalue weighted by molar-refractivity contribution is -0.144. The zero-order valence-electron chi connectivity index (χ0n) is 8.90. The highest BCUT2D eigenvalue weighted by atomic mass is 16.5. The van der Waals surface area contributed by atoms with Crippen molar-refractivity contribution in [2.24, 2.45) is 0 Å². The minimum atomic E-state index is -0.395. The second-order valence-corrected chi connectivity index (χ2v) is 3.04. The number of carbonyl (C=O) groups excluding carboxylic acids is 1. The van der Waals surface area contributed by atoms with Crippen LogP contribution < -0.4 is 4.74 Å². The van der Waals surface area contributed by atoms with Crippen molar-refractivity contribution >= 4 is 5.97 Å². The molecule has 0 saturated carbocycles. The molecule has 0 bridgehead atoms. The fraction of sp³-hybridized carbons (Fsp3) is 0.250. The second-order valence-electron chi connectivity index (χ2n) is 3.04. The molecule has 80 valence electrons. The Hall–Kier alpha value is -1.77. The summed E-state index contributed by atoms with van der Waals surface area (Å²) in [5, 5.41) is 0. The Balaban J connectivity index is 2.82. The van der Waals surface area contributed by atoms with Gasteiger partial charge in [0.1, 0.15) is 11.9 Å². The number of methoxy groups -OCH3 is 1. The van der Waals surface area contributed by atoms with Crippen LogP contribution in [-0.2, 0) is 9.53 Å². The summed E-state index contributed by atoms with van der Waals surface area (Å²) in [4.78, 5) is 10.8. The number of hydrogen-bond acceptors (Lipinski definition) is 3. The van der Waals surface area contributed by atoms with Crippen LogP contribution in [0, 0.1) is 0 Å². The highest BCUT2D eigenvalue weighted by molar-refractivity contribution is 5.66. The van der Waals surface area contributed by atoms with Crippen LogP contribution in [0.15, 0.2) is 36.9 Å². The van der Waals surface area contributed by atoms with E-state index in [1.165, 1.54) is 6.92 Å². The molecule has 3 nitrogen and oxygen atoms in total. The smallest absolute Gasteiger partial charge is 0.303 e. The Morgan fingerprint density at radius 1 is 1.40 bits per heavy atom. The van der Waals surface area contributed by atoms with Crippen LogP contribution in [-0.4, -0.2) is 13.1 Å². The molecule has 3 heteroatoms. The molecule has 0 heterocycles. The van der Waals surface area contributed by atoms with Gasteiger partial charge in [0.15, 0.2) is 0 Å². The standard InChI is InChI=1S/C12H14O3/c1-4-12(15-9(2)13)10-5-7-11(14-3)8-6-10/h4-8,12H,1H2,2-3H3. The molecular formula is C12H14O3. The van der Waals surface area contributed by atoms with E-state index in [1.54, 1.807) is 13.2 Å². The highest BCUT2D eigenvalue weighted by Crippen LogP contribution is 2.21. The monoisotopic (exact) mass is 206 g/mol.